The molecule has 1 atom stereocenters. The van der Waals surface area contributed by atoms with Gasteiger partial charge in [0, 0.05) is 0 Å². The van der Waals surface area contributed by atoms with Crippen molar-refractivity contribution in [3.63, 3.8) is 0 Å². The predicted octanol–water partition coefficient (Wildman–Crippen LogP) is 5.05. The van der Waals surface area contributed by atoms with Crippen molar-refractivity contribution in [1.29, 1.82) is 0 Å². The van der Waals surface area contributed by atoms with E-state index in [0.717, 1.165) is 4.57 Å². The Morgan fingerprint density at radius 3 is 2.16 bits per heavy atom. The minimum absolute atomic E-state index is 0.119. The molecule has 2 aromatic carbocycles. The van der Waals surface area contributed by atoms with Crippen molar-refractivity contribution >= 4 is 46.3 Å². The predicted molar refractivity (Wildman–Crippen MR) is 119 cm³/mol. The molecule has 164 valence electrons. The van der Waals surface area contributed by atoms with Crippen LogP contribution in [0.4, 0.5) is 4.79 Å². The van der Waals surface area contributed by atoms with E-state index in [2.05, 4.69) is 0 Å². The first-order chi connectivity index (χ1) is 14.5. The molecule has 3 aromatic rings. The molecule has 0 amide bonds. The summed E-state index contributed by atoms with van der Waals surface area (Å²) in [6.07, 6.45) is -0.893. The fourth-order valence-corrected chi connectivity index (χ4v) is 3.51. The Morgan fingerprint density at radius 1 is 1.03 bits per heavy atom. The van der Waals surface area contributed by atoms with Gasteiger partial charge >= 0.3 is 17.8 Å². The molecule has 0 aliphatic carbocycles. The van der Waals surface area contributed by atoms with E-state index in [4.69, 9.17) is 32.7 Å². The molecule has 0 radical (unpaired) electrons. The molecule has 0 N–H and O–H groups in total. The zero-order valence-corrected chi connectivity index (χ0v) is 19.0. The van der Waals surface area contributed by atoms with Gasteiger partial charge in [-0.05, 0) is 45.4 Å². The number of rotatable bonds is 4. The Labute approximate surface area is 189 Å². The van der Waals surface area contributed by atoms with E-state index >= 15 is 0 Å². The van der Waals surface area contributed by atoms with Crippen LogP contribution < -0.4 is 5.69 Å². The molecular formula is C22H22Cl2N2O5. The van der Waals surface area contributed by atoms with Gasteiger partial charge in [-0.25, -0.2) is 14.4 Å². The van der Waals surface area contributed by atoms with Crippen LogP contribution in [0.3, 0.4) is 0 Å². The maximum atomic E-state index is 13.5. The summed E-state index contributed by atoms with van der Waals surface area (Å²) in [7, 11) is 0. The first-order valence-electron chi connectivity index (χ1n) is 9.62. The molecule has 0 aliphatic heterocycles. The van der Waals surface area contributed by atoms with E-state index in [9.17, 15) is 14.4 Å². The molecule has 1 unspecified atom stereocenters. The van der Waals surface area contributed by atoms with E-state index in [-0.39, 0.29) is 27.7 Å². The van der Waals surface area contributed by atoms with E-state index in [1.54, 1.807) is 58.0 Å². The first kappa shape index (κ1) is 22.9. The third kappa shape index (κ3) is 4.62. The molecule has 31 heavy (non-hydrogen) atoms. The molecule has 1 aromatic heterocycles. The van der Waals surface area contributed by atoms with E-state index in [1.165, 1.54) is 16.7 Å². The maximum Gasteiger partial charge on any atom is 0.423 e. The number of aromatic nitrogens is 2. The first-order valence-corrected chi connectivity index (χ1v) is 10.4. The molecule has 3 rings (SSSR count). The number of carbonyl (C=O) groups excluding carboxylic acids is 2. The molecule has 1 heterocycles. The zero-order valence-electron chi connectivity index (χ0n) is 17.5. The second-order valence-corrected chi connectivity index (χ2v) is 8.60. The summed E-state index contributed by atoms with van der Waals surface area (Å²) in [5.41, 5.74) is -0.700. The van der Waals surface area contributed by atoms with Crippen LogP contribution in [0.1, 0.15) is 39.3 Å². The molecular weight excluding hydrogens is 443 g/mol. The highest BCUT2D eigenvalue weighted by molar-refractivity contribution is 6.42. The zero-order chi connectivity index (χ0) is 22.9. The number of halogens is 2. The van der Waals surface area contributed by atoms with Crippen LogP contribution in [0, 0.1) is 0 Å². The average Bonchev–Trinajstić information content (AvgIpc) is 2.94. The van der Waals surface area contributed by atoms with Gasteiger partial charge in [0.2, 0.25) is 0 Å². The van der Waals surface area contributed by atoms with Crippen molar-refractivity contribution in [2.45, 2.75) is 39.3 Å². The third-order valence-electron chi connectivity index (χ3n) is 4.37. The normalized spacial score (nSPS) is 12.6. The van der Waals surface area contributed by atoms with Crippen LogP contribution in [0.25, 0.3) is 11.0 Å². The number of carbonyl (C=O) groups is 2. The van der Waals surface area contributed by atoms with Crippen molar-refractivity contribution in [2.75, 3.05) is 6.61 Å². The Balaban J connectivity index is 2.36. The smallest absolute Gasteiger partial charge is 0.423 e. The molecule has 7 nitrogen and oxygen atoms in total. The summed E-state index contributed by atoms with van der Waals surface area (Å²) in [6.45, 7) is 6.84. The standard InChI is InChI=1S/C22H22Cl2N2O5/c1-5-30-19(27)18(13-9-7-6-8-10-13)25-16-11-14(23)15(24)12-17(16)26(20(25)28)21(29)31-22(2,3)4/h6-12,18H,5H2,1-4H3. The summed E-state index contributed by atoms with van der Waals surface area (Å²) in [4.78, 5) is 39.3. The number of esters is 1. The van der Waals surface area contributed by atoms with Crippen molar-refractivity contribution in [2.24, 2.45) is 0 Å². The van der Waals surface area contributed by atoms with E-state index < -0.39 is 29.4 Å². The van der Waals surface area contributed by atoms with Crippen molar-refractivity contribution < 1.29 is 19.1 Å². The Morgan fingerprint density at radius 2 is 1.61 bits per heavy atom. The fraction of sp³-hybridized carbons (Fsp3) is 0.318. The summed E-state index contributed by atoms with van der Waals surface area (Å²) in [5.74, 6) is -0.648. The lowest BCUT2D eigenvalue weighted by atomic mass is 10.1. The molecule has 0 bridgehead atoms. The van der Waals surface area contributed by atoms with Crippen LogP contribution in [0.15, 0.2) is 47.3 Å². The maximum absolute atomic E-state index is 13.5. The van der Waals surface area contributed by atoms with Crippen molar-refractivity contribution in [1.82, 2.24) is 9.13 Å². The van der Waals surface area contributed by atoms with Crippen LogP contribution in [-0.2, 0) is 14.3 Å². The molecule has 0 saturated heterocycles. The lowest BCUT2D eigenvalue weighted by Gasteiger charge is -2.19. The van der Waals surface area contributed by atoms with Crippen LogP contribution in [0.2, 0.25) is 10.0 Å². The monoisotopic (exact) mass is 464 g/mol. The number of ether oxygens (including phenoxy) is 2. The van der Waals surface area contributed by atoms with Gasteiger partial charge in [-0.15, -0.1) is 0 Å². The van der Waals surface area contributed by atoms with Gasteiger partial charge in [-0.2, -0.15) is 4.57 Å². The minimum Gasteiger partial charge on any atom is -0.464 e. The van der Waals surface area contributed by atoms with Crippen LogP contribution in [-0.4, -0.2) is 33.4 Å². The van der Waals surface area contributed by atoms with Gasteiger partial charge in [-0.3, -0.25) is 4.57 Å². The molecule has 9 heteroatoms. The highest BCUT2D eigenvalue weighted by atomic mass is 35.5. The lowest BCUT2D eigenvalue weighted by Crippen LogP contribution is -2.37. The summed E-state index contributed by atoms with van der Waals surface area (Å²) < 4.78 is 12.7. The molecule has 0 aliphatic rings. The van der Waals surface area contributed by atoms with Crippen LogP contribution in [0.5, 0.6) is 0 Å². The molecule has 0 fully saturated rings. The Kier molecular flexibility index (Phi) is 6.48. The van der Waals surface area contributed by atoms with Gasteiger partial charge < -0.3 is 9.47 Å². The second kappa shape index (κ2) is 8.77. The number of imidazole rings is 1. The summed E-state index contributed by atoms with van der Waals surface area (Å²) >= 11 is 12.4. The highest BCUT2D eigenvalue weighted by Gasteiger charge is 2.32. The quantitative estimate of drug-likeness (QED) is 0.504. The van der Waals surface area contributed by atoms with Gasteiger partial charge in [0.25, 0.3) is 0 Å². The van der Waals surface area contributed by atoms with Crippen molar-refractivity contribution in [3.8, 4) is 0 Å². The third-order valence-corrected chi connectivity index (χ3v) is 5.10. The fourth-order valence-electron chi connectivity index (χ4n) is 3.19. The van der Waals surface area contributed by atoms with Gasteiger partial charge in [0.1, 0.15) is 5.60 Å². The van der Waals surface area contributed by atoms with Crippen LogP contribution >= 0.6 is 23.2 Å². The second-order valence-electron chi connectivity index (χ2n) is 7.79. The summed E-state index contributed by atoms with van der Waals surface area (Å²) in [6, 6.07) is 10.4. The highest BCUT2D eigenvalue weighted by Crippen LogP contribution is 2.31. The lowest BCUT2D eigenvalue weighted by molar-refractivity contribution is -0.145. The Hall–Kier alpha value is -2.77. The van der Waals surface area contributed by atoms with Gasteiger partial charge in [0.05, 0.1) is 27.7 Å². The number of benzene rings is 2. The Bertz CT molecular complexity index is 1190. The number of nitrogens with zero attached hydrogens (tertiary/aromatic N) is 2. The number of hydrogen-bond donors (Lipinski definition) is 0. The van der Waals surface area contributed by atoms with Crippen molar-refractivity contribution in [3.05, 3.63) is 68.6 Å². The van der Waals surface area contributed by atoms with Gasteiger partial charge in [0.15, 0.2) is 6.04 Å². The summed E-state index contributed by atoms with van der Waals surface area (Å²) in [5, 5.41) is 0.316. The number of hydrogen-bond acceptors (Lipinski definition) is 5. The largest absolute Gasteiger partial charge is 0.464 e. The topological polar surface area (TPSA) is 79.5 Å². The number of fused-ring (bicyclic) bond motifs is 1. The average molecular weight is 465 g/mol. The minimum atomic E-state index is -1.14. The van der Waals surface area contributed by atoms with Gasteiger partial charge in [-0.1, -0.05) is 53.5 Å². The molecule has 0 saturated carbocycles. The van der Waals surface area contributed by atoms with E-state index in [0.29, 0.717) is 5.56 Å². The van der Waals surface area contributed by atoms with E-state index in [1.807, 2.05) is 0 Å². The SMILES string of the molecule is CCOC(=O)C(c1ccccc1)n1c(=O)n(C(=O)OC(C)(C)C)c2cc(Cl)c(Cl)cc21. The molecule has 0 spiro atoms.